The Labute approximate surface area is 124 Å². The second-order valence-electron chi connectivity index (χ2n) is 4.52. The minimum absolute atomic E-state index is 0.0922. The van der Waals surface area contributed by atoms with E-state index in [-0.39, 0.29) is 12.6 Å². The van der Waals surface area contributed by atoms with Crippen LogP contribution in [-0.2, 0) is 15.7 Å². The van der Waals surface area contributed by atoms with Crippen LogP contribution in [0, 0.1) is 6.92 Å². The van der Waals surface area contributed by atoms with Gasteiger partial charge >= 0.3 is 6.18 Å². The van der Waals surface area contributed by atoms with Gasteiger partial charge in [-0.15, -0.1) is 5.10 Å². The summed E-state index contributed by atoms with van der Waals surface area (Å²) in [5.74, 6) is -0.903. The number of halogens is 3. The lowest BCUT2D eigenvalue weighted by Crippen LogP contribution is -2.11. The summed E-state index contributed by atoms with van der Waals surface area (Å²) in [7, 11) is 1.53. The molecule has 7 nitrogen and oxygen atoms in total. The van der Waals surface area contributed by atoms with Crippen LogP contribution >= 0.6 is 0 Å². The molecule has 0 bridgehead atoms. The number of aromatic nitrogens is 4. The quantitative estimate of drug-likeness (QED) is 0.620. The lowest BCUT2D eigenvalue weighted by molar-refractivity contribution is -0.144. The van der Waals surface area contributed by atoms with Gasteiger partial charge in [-0.05, 0) is 13.3 Å². The summed E-state index contributed by atoms with van der Waals surface area (Å²) in [5.41, 5.74) is 0.548. The SMILES string of the molecule is COCOCCCNc1cc(C)nc2nc(C(F)(F)F)nn12. The van der Waals surface area contributed by atoms with Crippen molar-refractivity contribution in [3.8, 4) is 0 Å². The normalized spacial score (nSPS) is 12.0. The van der Waals surface area contributed by atoms with Crippen LogP contribution in [0.3, 0.4) is 0 Å². The third-order valence-electron chi connectivity index (χ3n) is 2.67. The molecule has 0 aliphatic heterocycles. The molecule has 2 rings (SSSR count). The van der Waals surface area contributed by atoms with Crippen LogP contribution in [0.1, 0.15) is 17.9 Å². The molecule has 10 heteroatoms. The summed E-state index contributed by atoms with van der Waals surface area (Å²) in [5, 5.41) is 6.46. The summed E-state index contributed by atoms with van der Waals surface area (Å²) in [6, 6.07) is 1.61. The van der Waals surface area contributed by atoms with Crippen molar-refractivity contribution < 1.29 is 22.6 Å². The molecule has 0 saturated heterocycles. The van der Waals surface area contributed by atoms with E-state index in [1.165, 1.54) is 7.11 Å². The van der Waals surface area contributed by atoms with Gasteiger partial charge in [-0.1, -0.05) is 0 Å². The number of hydrogen-bond donors (Lipinski definition) is 1. The Bertz CT molecular complexity index is 629. The van der Waals surface area contributed by atoms with Crippen LogP contribution < -0.4 is 5.32 Å². The van der Waals surface area contributed by atoms with Gasteiger partial charge in [0.1, 0.15) is 12.6 Å². The van der Waals surface area contributed by atoms with E-state index in [1.807, 2.05) is 0 Å². The number of nitrogens with zero attached hydrogens (tertiary/aromatic N) is 4. The molecule has 2 aromatic rings. The smallest absolute Gasteiger partial charge is 0.370 e. The van der Waals surface area contributed by atoms with Gasteiger partial charge in [0.2, 0.25) is 0 Å². The Morgan fingerprint density at radius 3 is 2.77 bits per heavy atom. The third-order valence-corrected chi connectivity index (χ3v) is 2.67. The number of fused-ring (bicyclic) bond motifs is 1. The zero-order valence-corrected chi connectivity index (χ0v) is 12.1. The zero-order valence-electron chi connectivity index (χ0n) is 12.1. The number of rotatable bonds is 7. The average molecular weight is 319 g/mol. The van der Waals surface area contributed by atoms with Crippen LogP contribution in [0.25, 0.3) is 5.78 Å². The predicted octanol–water partition coefficient (Wildman–Crippen LogP) is 1.87. The maximum absolute atomic E-state index is 12.7. The van der Waals surface area contributed by atoms with E-state index >= 15 is 0 Å². The van der Waals surface area contributed by atoms with Gasteiger partial charge in [-0.25, -0.2) is 4.98 Å². The molecule has 0 atom stereocenters. The highest BCUT2D eigenvalue weighted by Gasteiger charge is 2.36. The van der Waals surface area contributed by atoms with E-state index in [2.05, 4.69) is 20.4 Å². The van der Waals surface area contributed by atoms with Crippen molar-refractivity contribution >= 4 is 11.6 Å². The first-order valence-electron chi connectivity index (χ1n) is 6.54. The summed E-state index contributed by atoms with van der Waals surface area (Å²) in [6.07, 6.45) is -3.94. The molecule has 122 valence electrons. The Balaban J connectivity index is 2.10. The second kappa shape index (κ2) is 6.88. The standard InChI is InChI=1S/C12H16F3N5O2/c1-8-6-9(16-4-3-5-22-7-21-2)20-11(17-8)18-10(19-20)12(13,14)15/h6,16H,3-5,7H2,1-2H3. The molecule has 0 aliphatic carbocycles. The number of aryl methyl sites for hydroxylation is 1. The van der Waals surface area contributed by atoms with Crippen molar-refractivity contribution in [3.05, 3.63) is 17.6 Å². The fourth-order valence-electron chi connectivity index (χ4n) is 1.77. The maximum Gasteiger partial charge on any atom is 0.453 e. The van der Waals surface area contributed by atoms with Gasteiger partial charge < -0.3 is 14.8 Å². The molecular weight excluding hydrogens is 303 g/mol. The molecule has 0 unspecified atom stereocenters. The molecule has 0 saturated carbocycles. The molecule has 0 spiro atoms. The molecule has 0 aliphatic rings. The first kappa shape index (κ1) is 16.4. The summed E-state index contributed by atoms with van der Waals surface area (Å²) in [4.78, 5) is 7.36. The van der Waals surface area contributed by atoms with Crippen molar-refractivity contribution in [2.75, 3.05) is 32.4 Å². The van der Waals surface area contributed by atoms with Crippen LogP contribution in [0.5, 0.6) is 0 Å². The Kier molecular flexibility index (Phi) is 5.14. The number of methoxy groups -OCH3 is 1. The zero-order chi connectivity index (χ0) is 16.2. The largest absolute Gasteiger partial charge is 0.453 e. The number of hydrogen-bond acceptors (Lipinski definition) is 6. The minimum Gasteiger partial charge on any atom is -0.370 e. The third kappa shape index (κ3) is 4.04. The van der Waals surface area contributed by atoms with E-state index in [1.54, 1.807) is 13.0 Å². The van der Waals surface area contributed by atoms with Gasteiger partial charge in [0, 0.05) is 25.4 Å². The highest BCUT2D eigenvalue weighted by molar-refractivity contribution is 5.45. The summed E-state index contributed by atoms with van der Waals surface area (Å²) in [6.45, 7) is 2.86. The molecule has 2 heterocycles. The van der Waals surface area contributed by atoms with Crippen LogP contribution in [0.2, 0.25) is 0 Å². The predicted molar refractivity (Wildman–Crippen MR) is 71.5 cm³/mol. The molecule has 22 heavy (non-hydrogen) atoms. The molecule has 0 amide bonds. The average Bonchev–Trinajstić information content (AvgIpc) is 2.86. The lowest BCUT2D eigenvalue weighted by Gasteiger charge is -2.08. The highest BCUT2D eigenvalue weighted by Crippen LogP contribution is 2.27. The minimum atomic E-state index is -4.60. The molecular formula is C12H16F3N5O2. The topological polar surface area (TPSA) is 73.6 Å². The van der Waals surface area contributed by atoms with Gasteiger partial charge in [0.25, 0.3) is 11.6 Å². The van der Waals surface area contributed by atoms with Gasteiger partial charge in [-0.3, -0.25) is 0 Å². The van der Waals surface area contributed by atoms with Crippen molar-refractivity contribution in [1.82, 2.24) is 19.6 Å². The number of anilines is 1. The van der Waals surface area contributed by atoms with Gasteiger partial charge in [0.05, 0.1) is 6.61 Å². The molecule has 0 aromatic carbocycles. The molecule has 1 N–H and O–H groups in total. The van der Waals surface area contributed by atoms with Crippen molar-refractivity contribution in [1.29, 1.82) is 0 Å². The van der Waals surface area contributed by atoms with Gasteiger partial charge in [0.15, 0.2) is 0 Å². The number of nitrogens with one attached hydrogen (secondary N) is 1. The second-order valence-corrected chi connectivity index (χ2v) is 4.52. The molecule has 0 fully saturated rings. The summed E-state index contributed by atoms with van der Waals surface area (Å²) >= 11 is 0. The first-order chi connectivity index (χ1) is 10.4. The van der Waals surface area contributed by atoms with E-state index in [0.717, 1.165) is 4.52 Å². The Morgan fingerprint density at radius 1 is 1.32 bits per heavy atom. The van der Waals surface area contributed by atoms with E-state index in [4.69, 9.17) is 9.47 Å². The van der Waals surface area contributed by atoms with E-state index in [0.29, 0.717) is 31.1 Å². The fraction of sp³-hybridized carbons (Fsp3) is 0.583. The van der Waals surface area contributed by atoms with Crippen molar-refractivity contribution in [2.24, 2.45) is 0 Å². The van der Waals surface area contributed by atoms with E-state index in [9.17, 15) is 13.2 Å². The van der Waals surface area contributed by atoms with Crippen LogP contribution in [0.4, 0.5) is 19.0 Å². The first-order valence-corrected chi connectivity index (χ1v) is 6.54. The Morgan fingerprint density at radius 2 is 2.09 bits per heavy atom. The fourth-order valence-corrected chi connectivity index (χ4v) is 1.77. The lowest BCUT2D eigenvalue weighted by atomic mass is 10.4. The Hall–Kier alpha value is -1.94. The van der Waals surface area contributed by atoms with Gasteiger partial charge in [-0.2, -0.15) is 22.7 Å². The maximum atomic E-state index is 12.7. The highest BCUT2D eigenvalue weighted by atomic mass is 19.4. The molecule has 0 radical (unpaired) electrons. The van der Waals surface area contributed by atoms with Crippen LogP contribution in [-0.4, -0.2) is 46.6 Å². The number of alkyl halides is 3. The van der Waals surface area contributed by atoms with Crippen molar-refractivity contribution in [3.63, 3.8) is 0 Å². The summed E-state index contributed by atoms with van der Waals surface area (Å²) < 4.78 is 48.9. The van der Waals surface area contributed by atoms with E-state index < -0.39 is 12.0 Å². The monoisotopic (exact) mass is 319 g/mol. The number of ether oxygens (including phenoxy) is 2. The van der Waals surface area contributed by atoms with Crippen LogP contribution in [0.15, 0.2) is 6.07 Å². The van der Waals surface area contributed by atoms with Crippen molar-refractivity contribution in [2.45, 2.75) is 19.5 Å². The molecule has 2 aromatic heterocycles.